The number of piperidine rings is 1. The molecule has 1 amide bonds. The highest BCUT2D eigenvalue weighted by Crippen LogP contribution is 2.24. The van der Waals surface area contributed by atoms with E-state index in [9.17, 15) is 4.79 Å². The summed E-state index contributed by atoms with van der Waals surface area (Å²) in [5, 5.41) is 11.3. The third kappa shape index (κ3) is 4.57. The van der Waals surface area contributed by atoms with Crippen LogP contribution < -0.4 is 5.32 Å². The van der Waals surface area contributed by atoms with Crippen LogP contribution in [0, 0.1) is 0 Å². The fraction of sp³-hybridized carbons (Fsp3) is 0.429. The fourth-order valence-electron chi connectivity index (χ4n) is 3.76. The zero-order valence-electron chi connectivity index (χ0n) is 15.6. The molecule has 0 atom stereocenters. The van der Waals surface area contributed by atoms with Gasteiger partial charge < -0.3 is 15.2 Å². The molecule has 0 spiro atoms. The van der Waals surface area contributed by atoms with Crippen molar-refractivity contribution in [3.63, 3.8) is 0 Å². The number of rotatable bonds is 7. The summed E-state index contributed by atoms with van der Waals surface area (Å²) in [6, 6.07) is 10.1. The van der Waals surface area contributed by atoms with E-state index in [1.54, 1.807) is 0 Å². The quantitative estimate of drug-likeness (QED) is 0.550. The van der Waals surface area contributed by atoms with Gasteiger partial charge in [0, 0.05) is 29.8 Å². The third-order valence-electron chi connectivity index (χ3n) is 5.29. The van der Waals surface area contributed by atoms with E-state index >= 15 is 0 Å². The lowest BCUT2D eigenvalue weighted by atomic mass is 10.1. The molecular formula is C21H27N5O. The highest BCUT2D eigenvalue weighted by molar-refractivity contribution is 5.90. The fourth-order valence-corrected chi connectivity index (χ4v) is 3.76. The van der Waals surface area contributed by atoms with E-state index < -0.39 is 0 Å². The van der Waals surface area contributed by atoms with Gasteiger partial charge in [0.15, 0.2) is 5.82 Å². The van der Waals surface area contributed by atoms with Crippen LogP contribution in [0.15, 0.2) is 36.5 Å². The van der Waals surface area contributed by atoms with Crippen LogP contribution in [0.1, 0.15) is 38.5 Å². The number of aromatic amines is 2. The molecule has 3 heterocycles. The second-order valence-corrected chi connectivity index (χ2v) is 7.35. The normalized spacial score (nSPS) is 15.3. The Bertz CT molecular complexity index is 891. The van der Waals surface area contributed by atoms with Crippen LogP contribution in [0.25, 0.3) is 22.2 Å². The molecule has 2 aromatic heterocycles. The van der Waals surface area contributed by atoms with Gasteiger partial charge in [-0.2, -0.15) is 5.10 Å². The first-order valence-corrected chi connectivity index (χ1v) is 9.93. The monoisotopic (exact) mass is 365 g/mol. The molecule has 0 saturated carbocycles. The number of carbonyl (C=O) groups is 1. The van der Waals surface area contributed by atoms with Crippen molar-refractivity contribution < 1.29 is 4.79 Å². The van der Waals surface area contributed by atoms with E-state index in [2.05, 4.69) is 43.6 Å². The predicted octanol–water partition coefficient (Wildman–Crippen LogP) is 4.15. The van der Waals surface area contributed by atoms with Gasteiger partial charge in [0.25, 0.3) is 0 Å². The summed E-state index contributed by atoms with van der Waals surface area (Å²) < 4.78 is 0. The van der Waals surface area contributed by atoms with Crippen LogP contribution in [0.3, 0.4) is 0 Å². The smallest absolute Gasteiger partial charge is 0.225 e. The Morgan fingerprint density at radius 3 is 2.89 bits per heavy atom. The highest BCUT2D eigenvalue weighted by atomic mass is 16.1. The van der Waals surface area contributed by atoms with Crippen LogP contribution in [-0.2, 0) is 4.79 Å². The topological polar surface area (TPSA) is 76.8 Å². The lowest BCUT2D eigenvalue weighted by molar-refractivity contribution is -0.116. The van der Waals surface area contributed by atoms with Gasteiger partial charge in [-0.1, -0.05) is 18.6 Å². The lowest BCUT2D eigenvalue weighted by Gasteiger charge is -2.26. The van der Waals surface area contributed by atoms with Crippen LogP contribution in [0.2, 0.25) is 0 Å². The average molecular weight is 365 g/mol. The van der Waals surface area contributed by atoms with Crippen LogP contribution >= 0.6 is 0 Å². The summed E-state index contributed by atoms with van der Waals surface area (Å²) in [7, 11) is 0. The molecule has 0 aliphatic carbocycles. The molecule has 1 saturated heterocycles. The van der Waals surface area contributed by atoms with Gasteiger partial charge in [-0.05, 0) is 62.8 Å². The molecule has 1 fully saturated rings. The van der Waals surface area contributed by atoms with Gasteiger partial charge in [0.05, 0.1) is 5.69 Å². The Morgan fingerprint density at radius 1 is 1.11 bits per heavy atom. The van der Waals surface area contributed by atoms with Crippen LogP contribution in [-0.4, -0.2) is 45.6 Å². The summed E-state index contributed by atoms with van der Waals surface area (Å²) in [5.41, 5.74) is 3.02. The molecule has 1 aliphatic rings. The van der Waals surface area contributed by atoms with E-state index in [1.165, 1.54) is 37.7 Å². The summed E-state index contributed by atoms with van der Waals surface area (Å²) in [4.78, 5) is 17.9. The van der Waals surface area contributed by atoms with Gasteiger partial charge in [-0.3, -0.25) is 9.89 Å². The number of likely N-dealkylation sites (tertiary alicyclic amines) is 1. The first kappa shape index (κ1) is 17.8. The van der Waals surface area contributed by atoms with Gasteiger partial charge in [0.2, 0.25) is 5.91 Å². The number of aromatic nitrogens is 3. The zero-order valence-corrected chi connectivity index (χ0v) is 15.6. The average Bonchev–Trinajstić information content (AvgIpc) is 3.34. The second kappa shape index (κ2) is 8.39. The molecule has 6 heteroatoms. The van der Waals surface area contributed by atoms with Gasteiger partial charge in [0.1, 0.15) is 0 Å². The predicted molar refractivity (Wildman–Crippen MR) is 109 cm³/mol. The molecule has 0 unspecified atom stereocenters. The van der Waals surface area contributed by atoms with E-state index in [-0.39, 0.29) is 5.91 Å². The first-order chi connectivity index (χ1) is 13.3. The number of unbranched alkanes of at least 4 members (excludes halogenated alkanes) is 1. The number of amides is 1. The summed E-state index contributed by atoms with van der Waals surface area (Å²) >= 11 is 0. The number of fused-ring (bicyclic) bond motifs is 1. The molecule has 0 radical (unpaired) electrons. The van der Waals surface area contributed by atoms with Crippen molar-refractivity contribution in [1.29, 1.82) is 0 Å². The number of hydrogen-bond donors (Lipinski definition) is 3. The maximum Gasteiger partial charge on any atom is 0.225 e. The van der Waals surface area contributed by atoms with Gasteiger partial charge >= 0.3 is 0 Å². The minimum atomic E-state index is 0.0338. The summed E-state index contributed by atoms with van der Waals surface area (Å²) in [6.07, 6.45) is 8.47. The summed E-state index contributed by atoms with van der Waals surface area (Å²) in [5.74, 6) is 0.615. The van der Waals surface area contributed by atoms with Crippen molar-refractivity contribution in [3.8, 4) is 11.3 Å². The van der Waals surface area contributed by atoms with E-state index in [1.807, 2.05) is 18.3 Å². The lowest BCUT2D eigenvalue weighted by Crippen LogP contribution is -2.30. The number of nitrogens with one attached hydrogen (secondary N) is 3. The standard InChI is InChI=1S/C21H27N5O/c27-21(6-2-5-13-26-11-3-1-4-12-26)23-20-15-19(24-25-20)17-8-7-16-9-10-22-18(16)14-17/h7-10,14-15,22H,1-6,11-13H2,(H2,23,24,25,27). The van der Waals surface area contributed by atoms with Crippen molar-refractivity contribution in [3.05, 3.63) is 36.5 Å². The number of H-pyrrole nitrogens is 2. The minimum Gasteiger partial charge on any atom is -0.361 e. The molecule has 4 rings (SSSR count). The highest BCUT2D eigenvalue weighted by Gasteiger charge is 2.11. The van der Waals surface area contributed by atoms with Crippen LogP contribution in [0.5, 0.6) is 0 Å². The van der Waals surface area contributed by atoms with E-state index in [4.69, 9.17) is 0 Å². The molecule has 27 heavy (non-hydrogen) atoms. The number of anilines is 1. The molecule has 3 N–H and O–H groups in total. The largest absolute Gasteiger partial charge is 0.361 e. The maximum absolute atomic E-state index is 12.2. The Morgan fingerprint density at radius 2 is 2.00 bits per heavy atom. The van der Waals surface area contributed by atoms with Crippen molar-refractivity contribution >= 4 is 22.6 Å². The summed E-state index contributed by atoms with van der Waals surface area (Å²) in [6.45, 7) is 3.55. The Balaban J connectivity index is 1.25. The molecule has 1 aliphatic heterocycles. The minimum absolute atomic E-state index is 0.0338. The zero-order chi connectivity index (χ0) is 18.5. The van der Waals surface area contributed by atoms with Gasteiger partial charge in [-0.25, -0.2) is 0 Å². The number of hydrogen-bond acceptors (Lipinski definition) is 3. The molecule has 6 nitrogen and oxygen atoms in total. The number of benzene rings is 1. The second-order valence-electron chi connectivity index (χ2n) is 7.35. The van der Waals surface area contributed by atoms with Crippen molar-refractivity contribution in [1.82, 2.24) is 20.1 Å². The van der Waals surface area contributed by atoms with Crippen molar-refractivity contribution in [2.75, 3.05) is 25.0 Å². The molecule has 0 bridgehead atoms. The first-order valence-electron chi connectivity index (χ1n) is 9.93. The third-order valence-corrected chi connectivity index (χ3v) is 5.29. The van der Waals surface area contributed by atoms with Crippen molar-refractivity contribution in [2.45, 2.75) is 38.5 Å². The Hall–Kier alpha value is -2.60. The molecular weight excluding hydrogens is 338 g/mol. The Kier molecular flexibility index (Phi) is 5.53. The molecule has 3 aromatic rings. The Labute approximate surface area is 159 Å². The van der Waals surface area contributed by atoms with E-state index in [0.29, 0.717) is 12.2 Å². The van der Waals surface area contributed by atoms with Gasteiger partial charge in [-0.15, -0.1) is 0 Å². The SMILES string of the molecule is O=C(CCCCN1CCCCC1)Nc1cc(-c2ccc3cc[nH]c3c2)[nH]n1. The molecule has 1 aromatic carbocycles. The number of nitrogens with zero attached hydrogens (tertiary/aromatic N) is 2. The number of carbonyl (C=O) groups excluding carboxylic acids is 1. The van der Waals surface area contributed by atoms with E-state index in [0.717, 1.165) is 36.2 Å². The maximum atomic E-state index is 12.2. The van der Waals surface area contributed by atoms with Crippen LogP contribution in [0.4, 0.5) is 5.82 Å². The molecule has 142 valence electrons. The van der Waals surface area contributed by atoms with Crippen molar-refractivity contribution in [2.24, 2.45) is 0 Å².